The van der Waals surface area contributed by atoms with E-state index in [2.05, 4.69) is 21.6 Å². The van der Waals surface area contributed by atoms with E-state index in [1.54, 1.807) is 18.3 Å². The van der Waals surface area contributed by atoms with Crippen LogP contribution in [0.3, 0.4) is 0 Å². The van der Waals surface area contributed by atoms with Gasteiger partial charge in [0.05, 0.1) is 22.6 Å². The molecule has 0 radical (unpaired) electrons. The Morgan fingerprint density at radius 1 is 1.33 bits per heavy atom. The summed E-state index contributed by atoms with van der Waals surface area (Å²) in [5.41, 5.74) is 8.08. The summed E-state index contributed by atoms with van der Waals surface area (Å²) in [5.74, 6) is 0.809. The summed E-state index contributed by atoms with van der Waals surface area (Å²) in [7, 11) is 0. The average molecular weight is 327 g/mol. The lowest BCUT2D eigenvalue weighted by atomic mass is 10.2. The molecule has 126 valence electrons. The standard InChI is InChI=1S/C17H21N5O2/c1-12-9-15(20-24-12)11-21-5-7-22(8-6-21)17(23)14-3-4-16(13(2)18)19-10-14/h3-4,9-10H,2,5-8,11,18H2,1H3. The van der Waals surface area contributed by atoms with Gasteiger partial charge in [0.1, 0.15) is 5.76 Å². The van der Waals surface area contributed by atoms with Crippen LogP contribution in [0.4, 0.5) is 0 Å². The predicted molar refractivity (Wildman–Crippen MR) is 89.9 cm³/mol. The number of amides is 1. The van der Waals surface area contributed by atoms with E-state index in [0.29, 0.717) is 30.0 Å². The summed E-state index contributed by atoms with van der Waals surface area (Å²) >= 11 is 0. The molecule has 0 aliphatic carbocycles. The van der Waals surface area contributed by atoms with Crippen molar-refractivity contribution in [3.05, 3.63) is 53.7 Å². The van der Waals surface area contributed by atoms with Gasteiger partial charge in [-0.25, -0.2) is 0 Å². The van der Waals surface area contributed by atoms with Gasteiger partial charge in [0.25, 0.3) is 5.91 Å². The monoisotopic (exact) mass is 327 g/mol. The lowest BCUT2D eigenvalue weighted by molar-refractivity contribution is 0.0625. The highest BCUT2D eigenvalue weighted by Crippen LogP contribution is 2.12. The topological polar surface area (TPSA) is 88.5 Å². The van der Waals surface area contributed by atoms with Gasteiger partial charge in [-0.1, -0.05) is 11.7 Å². The molecule has 2 N–H and O–H groups in total. The van der Waals surface area contributed by atoms with Crippen molar-refractivity contribution < 1.29 is 9.32 Å². The fourth-order valence-corrected chi connectivity index (χ4v) is 2.72. The Hall–Kier alpha value is -2.67. The Morgan fingerprint density at radius 3 is 2.62 bits per heavy atom. The fourth-order valence-electron chi connectivity index (χ4n) is 2.72. The Kier molecular flexibility index (Phi) is 4.61. The minimum absolute atomic E-state index is 0.00591. The van der Waals surface area contributed by atoms with Crippen LogP contribution < -0.4 is 5.73 Å². The first-order valence-electron chi connectivity index (χ1n) is 7.87. The largest absolute Gasteiger partial charge is 0.397 e. The number of hydrogen-bond acceptors (Lipinski definition) is 6. The van der Waals surface area contributed by atoms with Crippen LogP contribution in [0.25, 0.3) is 5.70 Å². The minimum atomic E-state index is -0.00591. The Labute approximate surface area is 140 Å². The van der Waals surface area contributed by atoms with Crippen molar-refractivity contribution >= 4 is 11.6 Å². The Balaban J connectivity index is 1.55. The molecule has 0 unspecified atom stereocenters. The van der Waals surface area contributed by atoms with E-state index < -0.39 is 0 Å². The Morgan fingerprint density at radius 2 is 2.08 bits per heavy atom. The van der Waals surface area contributed by atoms with Crippen LogP contribution in [0, 0.1) is 6.92 Å². The zero-order chi connectivity index (χ0) is 17.1. The number of piperazine rings is 1. The van der Waals surface area contributed by atoms with E-state index in [1.807, 2.05) is 17.9 Å². The Bertz CT molecular complexity index is 730. The molecule has 1 amide bonds. The molecule has 1 aliphatic heterocycles. The van der Waals surface area contributed by atoms with E-state index in [1.165, 1.54) is 0 Å². The van der Waals surface area contributed by atoms with Gasteiger partial charge >= 0.3 is 0 Å². The van der Waals surface area contributed by atoms with E-state index in [9.17, 15) is 4.79 Å². The molecular weight excluding hydrogens is 306 g/mol. The molecule has 7 heteroatoms. The first-order chi connectivity index (χ1) is 11.5. The maximum atomic E-state index is 12.5. The molecule has 1 aliphatic rings. The third kappa shape index (κ3) is 3.62. The molecule has 0 spiro atoms. The summed E-state index contributed by atoms with van der Waals surface area (Å²) in [5, 5.41) is 4.01. The predicted octanol–water partition coefficient (Wildman–Crippen LogP) is 1.27. The highest BCUT2D eigenvalue weighted by atomic mass is 16.5. The highest BCUT2D eigenvalue weighted by Gasteiger charge is 2.23. The molecule has 1 saturated heterocycles. The van der Waals surface area contributed by atoms with Gasteiger partial charge in [-0.2, -0.15) is 0 Å². The summed E-state index contributed by atoms with van der Waals surface area (Å²) in [6.45, 7) is 9.24. The van der Waals surface area contributed by atoms with Crippen LogP contribution in [-0.2, 0) is 6.54 Å². The van der Waals surface area contributed by atoms with Gasteiger partial charge in [0.15, 0.2) is 0 Å². The second kappa shape index (κ2) is 6.84. The molecular formula is C17H21N5O2. The summed E-state index contributed by atoms with van der Waals surface area (Å²) < 4.78 is 5.09. The average Bonchev–Trinajstić information content (AvgIpc) is 3.00. The summed E-state index contributed by atoms with van der Waals surface area (Å²) in [6, 6.07) is 5.40. The first kappa shape index (κ1) is 16.2. The van der Waals surface area contributed by atoms with Crippen molar-refractivity contribution in [3.63, 3.8) is 0 Å². The zero-order valence-corrected chi connectivity index (χ0v) is 13.7. The van der Waals surface area contributed by atoms with Gasteiger partial charge in [-0.3, -0.25) is 14.7 Å². The number of rotatable bonds is 4. The third-order valence-electron chi connectivity index (χ3n) is 4.06. The van der Waals surface area contributed by atoms with Crippen LogP contribution in [0.15, 0.2) is 35.5 Å². The summed E-state index contributed by atoms with van der Waals surface area (Å²) in [4.78, 5) is 20.8. The van der Waals surface area contributed by atoms with Crippen molar-refractivity contribution in [1.82, 2.24) is 19.9 Å². The molecule has 3 heterocycles. The van der Waals surface area contributed by atoms with Crippen LogP contribution in [-0.4, -0.2) is 52.0 Å². The number of nitrogens with zero attached hydrogens (tertiary/aromatic N) is 4. The van der Waals surface area contributed by atoms with Crippen LogP contribution >= 0.6 is 0 Å². The minimum Gasteiger partial charge on any atom is -0.397 e. The first-order valence-corrected chi connectivity index (χ1v) is 7.87. The lowest BCUT2D eigenvalue weighted by Crippen LogP contribution is -2.48. The smallest absolute Gasteiger partial charge is 0.255 e. The number of aryl methyl sites for hydroxylation is 1. The molecule has 3 rings (SSSR count). The highest BCUT2D eigenvalue weighted by molar-refractivity contribution is 5.94. The van der Waals surface area contributed by atoms with E-state index in [4.69, 9.17) is 10.3 Å². The van der Waals surface area contributed by atoms with E-state index in [0.717, 1.165) is 31.1 Å². The SMILES string of the molecule is C=C(N)c1ccc(C(=O)N2CCN(Cc3cc(C)on3)CC2)cn1. The molecule has 0 saturated carbocycles. The quantitative estimate of drug-likeness (QED) is 0.909. The number of carbonyl (C=O) groups excluding carboxylic acids is 1. The maximum absolute atomic E-state index is 12.5. The number of nitrogens with two attached hydrogens (primary N) is 1. The number of carbonyl (C=O) groups is 1. The van der Waals surface area contributed by atoms with Crippen LogP contribution in [0.5, 0.6) is 0 Å². The number of aromatic nitrogens is 2. The van der Waals surface area contributed by atoms with Crippen molar-refractivity contribution in [2.24, 2.45) is 5.73 Å². The van der Waals surface area contributed by atoms with Gasteiger partial charge < -0.3 is 15.2 Å². The fraction of sp³-hybridized carbons (Fsp3) is 0.353. The van der Waals surface area contributed by atoms with Crippen molar-refractivity contribution in [2.75, 3.05) is 26.2 Å². The van der Waals surface area contributed by atoms with Gasteiger partial charge in [0.2, 0.25) is 0 Å². The third-order valence-corrected chi connectivity index (χ3v) is 4.06. The molecule has 2 aromatic rings. The van der Waals surface area contributed by atoms with Crippen LogP contribution in [0.2, 0.25) is 0 Å². The van der Waals surface area contributed by atoms with Crippen molar-refractivity contribution in [1.29, 1.82) is 0 Å². The molecule has 7 nitrogen and oxygen atoms in total. The zero-order valence-electron chi connectivity index (χ0n) is 13.7. The van der Waals surface area contributed by atoms with Crippen LogP contribution in [0.1, 0.15) is 27.5 Å². The molecule has 2 aromatic heterocycles. The molecule has 0 bridgehead atoms. The molecule has 1 fully saturated rings. The van der Waals surface area contributed by atoms with E-state index in [-0.39, 0.29) is 5.91 Å². The second-order valence-corrected chi connectivity index (χ2v) is 5.95. The summed E-state index contributed by atoms with van der Waals surface area (Å²) in [6.07, 6.45) is 1.56. The lowest BCUT2D eigenvalue weighted by Gasteiger charge is -2.34. The number of hydrogen-bond donors (Lipinski definition) is 1. The maximum Gasteiger partial charge on any atom is 0.255 e. The number of pyridine rings is 1. The van der Waals surface area contributed by atoms with Gasteiger partial charge in [-0.15, -0.1) is 0 Å². The van der Waals surface area contributed by atoms with Gasteiger partial charge in [0, 0.05) is 45.0 Å². The molecule has 0 aromatic carbocycles. The van der Waals surface area contributed by atoms with E-state index >= 15 is 0 Å². The molecule has 0 atom stereocenters. The normalized spacial score (nSPS) is 15.5. The molecule has 24 heavy (non-hydrogen) atoms. The van der Waals surface area contributed by atoms with Gasteiger partial charge in [-0.05, 0) is 19.1 Å². The van der Waals surface area contributed by atoms with Crippen molar-refractivity contribution in [2.45, 2.75) is 13.5 Å². The second-order valence-electron chi connectivity index (χ2n) is 5.95. The van der Waals surface area contributed by atoms with Crippen molar-refractivity contribution in [3.8, 4) is 0 Å².